The number of amides is 1. The van der Waals surface area contributed by atoms with Crippen molar-refractivity contribution in [2.45, 2.75) is 6.92 Å². The summed E-state index contributed by atoms with van der Waals surface area (Å²) in [4.78, 5) is 15.6. The minimum atomic E-state index is -0.297. The number of carbonyl (C=O) groups excluding carboxylic acids is 1. The lowest BCUT2D eigenvalue weighted by Crippen LogP contribution is -2.24. The van der Waals surface area contributed by atoms with E-state index in [1.54, 1.807) is 18.2 Å². The van der Waals surface area contributed by atoms with Crippen LogP contribution in [0.25, 0.3) is 0 Å². The highest BCUT2D eigenvalue weighted by Crippen LogP contribution is 2.28. The smallest absolute Gasteiger partial charge is 0.249 e. The molecule has 1 amide bonds. The molecule has 1 aromatic rings. The number of carbonyl (C=O) groups is 1. The highest BCUT2D eigenvalue weighted by Gasteiger charge is 2.05. The van der Waals surface area contributed by atoms with Gasteiger partial charge in [-0.25, -0.2) is 0 Å². The largest absolute Gasteiger partial charge is 0.493 e. The van der Waals surface area contributed by atoms with Crippen LogP contribution in [-0.2, 0) is 4.79 Å². The Morgan fingerprint density at radius 1 is 1.43 bits per heavy atom. The maximum atomic E-state index is 10.6. The summed E-state index contributed by atoms with van der Waals surface area (Å²) in [7, 11) is 1.51. The number of hydroxylamine groups is 1. The summed E-state index contributed by atoms with van der Waals surface area (Å²) in [5.74, 6) is 0.588. The van der Waals surface area contributed by atoms with Crippen LogP contribution in [-0.4, -0.2) is 13.0 Å². The quantitative estimate of drug-likeness (QED) is 0.551. The molecule has 0 heterocycles. The maximum absolute atomic E-state index is 10.6. The summed E-state index contributed by atoms with van der Waals surface area (Å²) < 4.78 is 5.00. The Morgan fingerprint density at radius 2 is 2.14 bits per heavy atom. The number of nitrogens with two attached hydrogens (primary N) is 1. The average molecular weight is 196 g/mol. The van der Waals surface area contributed by atoms with Crippen molar-refractivity contribution in [1.82, 2.24) is 5.48 Å². The van der Waals surface area contributed by atoms with Gasteiger partial charge < -0.3 is 15.3 Å². The molecule has 1 rings (SSSR count). The fourth-order valence-corrected chi connectivity index (χ4v) is 0.900. The van der Waals surface area contributed by atoms with Gasteiger partial charge in [-0.05, 0) is 12.1 Å². The number of nitrogen functional groups attached to an aromatic ring is 1. The van der Waals surface area contributed by atoms with Gasteiger partial charge in [-0.1, -0.05) is 0 Å². The Hall–Kier alpha value is -1.91. The summed E-state index contributed by atoms with van der Waals surface area (Å²) in [5.41, 5.74) is 8.26. The van der Waals surface area contributed by atoms with Gasteiger partial charge in [-0.2, -0.15) is 5.48 Å². The van der Waals surface area contributed by atoms with E-state index in [1.165, 1.54) is 14.0 Å². The Morgan fingerprint density at radius 3 is 2.71 bits per heavy atom. The van der Waals surface area contributed by atoms with E-state index < -0.39 is 0 Å². The molecule has 14 heavy (non-hydrogen) atoms. The second kappa shape index (κ2) is 4.36. The molecule has 0 bridgehead atoms. The van der Waals surface area contributed by atoms with Crippen LogP contribution in [0.5, 0.6) is 11.5 Å². The number of hydrogen-bond acceptors (Lipinski definition) is 4. The fourth-order valence-electron chi connectivity index (χ4n) is 0.900. The maximum Gasteiger partial charge on any atom is 0.249 e. The van der Waals surface area contributed by atoms with Crippen molar-refractivity contribution in [3.05, 3.63) is 18.2 Å². The minimum Gasteiger partial charge on any atom is -0.493 e. The second-order valence-electron chi connectivity index (χ2n) is 2.67. The molecule has 0 aliphatic rings. The van der Waals surface area contributed by atoms with Gasteiger partial charge in [-0.15, -0.1) is 0 Å². The van der Waals surface area contributed by atoms with E-state index in [2.05, 4.69) is 5.48 Å². The van der Waals surface area contributed by atoms with Crippen molar-refractivity contribution in [2.75, 3.05) is 12.8 Å². The third kappa shape index (κ3) is 2.55. The average Bonchev–Trinajstić information content (AvgIpc) is 2.15. The molecule has 0 aliphatic heterocycles. The first kappa shape index (κ1) is 10.2. The van der Waals surface area contributed by atoms with Crippen molar-refractivity contribution < 1.29 is 14.4 Å². The van der Waals surface area contributed by atoms with Gasteiger partial charge in [0.2, 0.25) is 5.91 Å². The van der Waals surface area contributed by atoms with Crippen molar-refractivity contribution in [1.29, 1.82) is 0 Å². The van der Waals surface area contributed by atoms with Gasteiger partial charge in [-0.3, -0.25) is 4.79 Å². The molecule has 0 saturated heterocycles. The second-order valence-corrected chi connectivity index (χ2v) is 2.67. The number of anilines is 1. The molecule has 0 radical (unpaired) electrons. The molecule has 0 spiro atoms. The highest BCUT2D eigenvalue weighted by atomic mass is 16.7. The molecule has 0 aliphatic carbocycles. The summed E-state index contributed by atoms with van der Waals surface area (Å²) in [6.07, 6.45) is 0. The predicted octanol–water partition coefficient (Wildman–Crippen LogP) is 0.707. The highest BCUT2D eigenvalue weighted by molar-refractivity contribution is 5.72. The molecule has 0 unspecified atom stereocenters. The zero-order chi connectivity index (χ0) is 10.6. The summed E-state index contributed by atoms with van der Waals surface area (Å²) in [5, 5.41) is 0. The molecule has 1 aromatic carbocycles. The van der Waals surface area contributed by atoms with Gasteiger partial charge in [0, 0.05) is 18.7 Å². The van der Waals surface area contributed by atoms with E-state index in [9.17, 15) is 4.79 Å². The van der Waals surface area contributed by atoms with Crippen LogP contribution in [0.4, 0.5) is 5.69 Å². The molecule has 0 saturated carbocycles. The van der Waals surface area contributed by atoms with E-state index in [0.29, 0.717) is 17.2 Å². The van der Waals surface area contributed by atoms with Crippen LogP contribution in [0, 0.1) is 0 Å². The first-order chi connectivity index (χ1) is 6.63. The van der Waals surface area contributed by atoms with Crippen LogP contribution < -0.4 is 20.8 Å². The Labute approximate surface area is 81.8 Å². The SMILES string of the molecule is COc1ccc(N)cc1ONC(C)=O. The molecule has 3 N–H and O–H groups in total. The van der Waals surface area contributed by atoms with Crippen molar-refractivity contribution >= 4 is 11.6 Å². The molecule has 76 valence electrons. The van der Waals surface area contributed by atoms with Crippen molar-refractivity contribution in [3.8, 4) is 11.5 Å². The topological polar surface area (TPSA) is 73.6 Å². The zero-order valence-corrected chi connectivity index (χ0v) is 8.03. The lowest BCUT2D eigenvalue weighted by Gasteiger charge is -2.09. The molecular weight excluding hydrogens is 184 g/mol. The molecular formula is C9H12N2O3. The molecule has 0 atom stereocenters. The van der Waals surface area contributed by atoms with Gasteiger partial charge in [0.1, 0.15) is 0 Å². The summed E-state index contributed by atoms with van der Waals surface area (Å²) in [6.45, 7) is 1.35. The predicted molar refractivity (Wildman–Crippen MR) is 51.9 cm³/mol. The normalized spacial score (nSPS) is 9.29. The summed E-state index contributed by atoms with van der Waals surface area (Å²) >= 11 is 0. The lowest BCUT2D eigenvalue weighted by atomic mass is 10.3. The van der Waals surface area contributed by atoms with Crippen LogP contribution in [0.1, 0.15) is 6.92 Å². The number of methoxy groups -OCH3 is 1. The molecule has 5 nitrogen and oxygen atoms in total. The van der Waals surface area contributed by atoms with Gasteiger partial charge in [0.05, 0.1) is 7.11 Å². The van der Waals surface area contributed by atoms with Gasteiger partial charge in [0.15, 0.2) is 11.5 Å². The van der Waals surface area contributed by atoms with Gasteiger partial charge >= 0.3 is 0 Å². The molecule has 0 aromatic heterocycles. The summed E-state index contributed by atoms with van der Waals surface area (Å²) in [6, 6.07) is 4.90. The van der Waals surface area contributed by atoms with Crippen molar-refractivity contribution in [3.63, 3.8) is 0 Å². The third-order valence-electron chi connectivity index (χ3n) is 1.49. The Kier molecular flexibility index (Phi) is 3.17. The lowest BCUT2D eigenvalue weighted by molar-refractivity contribution is -0.125. The number of ether oxygens (including phenoxy) is 1. The first-order valence-corrected chi connectivity index (χ1v) is 4.00. The zero-order valence-electron chi connectivity index (χ0n) is 8.03. The van der Waals surface area contributed by atoms with E-state index in [0.717, 1.165) is 0 Å². The molecule has 5 heteroatoms. The monoisotopic (exact) mass is 196 g/mol. The number of benzene rings is 1. The minimum absolute atomic E-state index is 0.297. The van der Waals surface area contributed by atoms with E-state index in [-0.39, 0.29) is 5.91 Å². The van der Waals surface area contributed by atoms with Crippen LogP contribution in [0.3, 0.4) is 0 Å². The third-order valence-corrected chi connectivity index (χ3v) is 1.49. The Bertz CT molecular complexity index is 339. The number of hydrogen-bond donors (Lipinski definition) is 2. The number of nitrogens with one attached hydrogen (secondary N) is 1. The standard InChI is InChI=1S/C9H12N2O3/c1-6(12)11-14-9-5-7(10)3-4-8(9)13-2/h3-5H,10H2,1-2H3,(H,11,12). The Balaban J connectivity index is 2.82. The van der Waals surface area contributed by atoms with Crippen LogP contribution in [0.2, 0.25) is 0 Å². The van der Waals surface area contributed by atoms with Crippen LogP contribution >= 0.6 is 0 Å². The van der Waals surface area contributed by atoms with Gasteiger partial charge in [0.25, 0.3) is 0 Å². The van der Waals surface area contributed by atoms with Crippen molar-refractivity contribution in [2.24, 2.45) is 0 Å². The van der Waals surface area contributed by atoms with E-state index >= 15 is 0 Å². The fraction of sp³-hybridized carbons (Fsp3) is 0.222. The van der Waals surface area contributed by atoms with E-state index in [1.807, 2.05) is 0 Å². The number of rotatable bonds is 3. The van der Waals surface area contributed by atoms with E-state index in [4.69, 9.17) is 15.3 Å². The first-order valence-electron chi connectivity index (χ1n) is 4.00. The molecule has 0 fully saturated rings. The van der Waals surface area contributed by atoms with Crippen LogP contribution in [0.15, 0.2) is 18.2 Å².